The molecule has 0 aliphatic heterocycles. The van der Waals surface area contributed by atoms with E-state index in [1.54, 1.807) is 11.8 Å². The van der Waals surface area contributed by atoms with E-state index >= 15 is 0 Å². The molecule has 0 fully saturated rings. The molecule has 5 nitrogen and oxygen atoms in total. The third-order valence-electron chi connectivity index (χ3n) is 2.34. The number of nitrogens with two attached hydrogens (primary N) is 1. The summed E-state index contributed by atoms with van der Waals surface area (Å²) in [5, 5.41) is 7.51. The molecule has 3 N–H and O–H groups in total. The fourth-order valence-corrected chi connectivity index (χ4v) is 1.50. The van der Waals surface area contributed by atoms with Gasteiger partial charge in [-0.25, -0.2) is 0 Å². The van der Waals surface area contributed by atoms with E-state index in [4.69, 9.17) is 10.5 Å². The van der Waals surface area contributed by atoms with Gasteiger partial charge in [0.15, 0.2) is 0 Å². The SMILES string of the molecule is COCC(C)CNc1c(N)c(C)nn1C. The molecule has 86 valence electrons. The number of methoxy groups -OCH3 is 1. The molecular weight excluding hydrogens is 192 g/mol. The van der Waals surface area contributed by atoms with Crippen LogP contribution in [0.4, 0.5) is 11.5 Å². The normalized spacial score (nSPS) is 12.8. The number of nitrogens with one attached hydrogen (secondary N) is 1. The van der Waals surface area contributed by atoms with Crippen LogP contribution < -0.4 is 11.1 Å². The maximum absolute atomic E-state index is 5.89. The number of hydrogen-bond donors (Lipinski definition) is 2. The van der Waals surface area contributed by atoms with Gasteiger partial charge in [0.1, 0.15) is 5.82 Å². The van der Waals surface area contributed by atoms with Crippen LogP contribution in [0.5, 0.6) is 0 Å². The van der Waals surface area contributed by atoms with E-state index in [1.807, 2.05) is 14.0 Å². The first kappa shape index (κ1) is 11.8. The first-order valence-corrected chi connectivity index (χ1v) is 5.08. The second-order valence-electron chi connectivity index (χ2n) is 3.91. The maximum Gasteiger partial charge on any atom is 0.147 e. The minimum Gasteiger partial charge on any atom is -0.394 e. The average Bonchev–Trinajstić information content (AvgIpc) is 2.40. The first-order valence-electron chi connectivity index (χ1n) is 5.08. The van der Waals surface area contributed by atoms with E-state index in [1.165, 1.54) is 0 Å². The van der Waals surface area contributed by atoms with Crippen LogP contribution in [0.1, 0.15) is 12.6 Å². The summed E-state index contributed by atoms with van der Waals surface area (Å²) >= 11 is 0. The van der Waals surface area contributed by atoms with Crippen molar-refractivity contribution in [2.24, 2.45) is 13.0 Å². The highest BCUT2D eigenvalue weighted by atomic mass is 16.5. The van der Waals surface area contributed by atoms with Gasteiger partial charge in [0, 0.05) is 20.7 Å². The third kappa shape index (κ3) is 2.86. The Hall–Kier alpha value is -1.23. The van der Waals surface area contributed by atoms with Gasteiger partial charge in [0.2, 0.25) is 0 Å². The number of aryl methyl sites for hydroxylation is 2. The highest BCUT2D eigenvalue weighted by molar-refractivity contribution is 5.64. The second-order valence-corrected chi connectivity index (χ2v) is 3.91. The Morgan fingerprint density at radius 2 is 2.27 bits per heavy atom. The summed E-state index contributed by atoms with van der Waals surface area (Å²) in [6, 6.07) is 0. The minimum atomic E-state index is 0.449. The van der Waals surface area contributed by atoms with Gasteiger partial charge in [-0.2, -0.15) is 5.10 Å². The lowest BCUT2D eigenvalue weighted by Crippen LogP contribution is -2.17. The molecule has 0 aliphatic carbocycles. The summed E-state index contributed by atoms with van der Waals surface area (Å²) in [5.41, 5.74) is 7.47. The van der Waals surface area contributed by atoms with Crippen LogP contribution in [0.3, 0.4) is 0 Å². The van der Waals surface area contributed by atoms with E-state index in [2.05, 4.69) is 17.3 Å². The van der Waals surface area contributed by atoms with E-state index in [0.29, 0.717) is 5.92 Å². The number of nitrogens with zero attached hydrogens (tertiary/aromatic N) is 2. The minimum absolute atomic E-state index is 0.449. The Balaban J connectivity index is 2.57. The number of anilines is 2. The predicted octanol–water partition coefficient (Wildman–Crippen LogP) is 1.01. The van der Waals surface area contributed by atoms with E-state index < -0.39 is 0 Å². The highest BCUT2D eigenvalue weighted by Crippen LogP contribution is 2.20. The number of aromatic nitrogens is 2. The molecule has 1 rings (SSSR count). The van der Waals surface area contributed by atoms with Gasteiger partial charge in [-0.1, -0.05) is 6.92 Å². The Morgan fingerprint density at radius 1 is 1.60 bits per heavy atom. The van der Waals surface area contributed by atoms with Gasteiger partial charge in [-0.15, -0.1) is 0 Å². The summed E-state index contributed by atoms with van der Waals surface area (Å²) in [5.74, 6) is 1.33. The lowest BCUT2D eigenvalue weighted by Gasteiger charge is -2.13. The summed E-state index contributed by atoms with van der Waals surface area (Å²) in [4.78, 5) is 0. The molecule has 0 radical (unpaired) electrons. The summed E-state index contributed by atoms with van der Waals surface area (Å²) in [7, 11) is 3.59. The van der Waals surface area contributed by atoms with Crippen LogP contribution in [0.2, 0.25) is 0 Å². The zero-order valence-corrected chi connectivity index (χ0v) is 9.87. The molecule has 1 heterocycles. The molecule has 0 aromatic carbocycles. The molecule has 0 amide bonds. The smallest absolute Gasteiger partial charge is 0.147 e. The standard InChI is InChI=1S/C10H20N4O/c1-7(6-15-4)5-12-10-9(11)8(2)13-14(10)3/h7,12H,5-6,11H2,1-4H3. The highest BCUT2D eigenvalue weighted by Gasteiger charge is 2.10. The van der Waals surface area contributed by atoms with Gasteiger partial charge in [-0.3, -0.25) is 4.68 Å². The second kappa shape index (κ2) is 5.02. The third-order valence-corrected chi connectivity index (χ3v) is 2.34. The fourth-order valence-electron chi connectivity index (χ4n) is 1.50. The molecule has 1 atom stereocenters. The zero-order valence-electron chi connectivity index (χ0n) is 9.87. The average molecular weight is 212 g/mol. The Morgan fingerprint density at radius 3 is 2.73 bits per heavy atom. The summed E-state index contributed by atoms with van der Waals surface area (Å²) in [6.45, 7) is 5.59. The van der Waals surface area contributed by atoms with Crippen molar-refractivity contribution in [1.29, 1.82) is 0 Å². The molecule has 1 unspecified atom stereocenters. The van der Waals surface area contributed by atoms with Crippen LogP contribution in [0.25, 0.3) is 0 Å². The predicted molar refractivity (Wildman–Crippen MR) is 61.9 cm³/mol. The molecule has 15 heavy (non-hydrogen) atoms. The Bertz CT molecular complexity index is 321. The van der Waals surface area contributed by atoms with E-state index in [0.717, 1.165) is 30.4 Å². The van der Waals surface area contributed by atoms with Crippen LogP contribution in [0.15, 0.2) is 0 Å². The molecule has 0 saturated heterocycles. The molecule has 0 spiro atoms. The van der Waals surface area contributed by atoms with Gasteiger partial charge in [0.05, 0.1) is 18.0 Å². The number of ether oxygens (including phenoxy) is 1. The molecule has 0 bridgehead atoms. The van der Waals surface area contributed by atoms with Crippen molar-refractivity contribution >= 4 is 11.5 Å². The van der Waals surface area contributed by atoms with Gasteiger partial charge < -0.3 is 15.8 Å². The van der Waals surface area contributed by atoms with Crippen molar-refractivity contribution in [3.8, 4) is 0 Å². The van der Waals surface area contributed by atoms with Crippen molar-refractivity contribution in [3.63, 3.8) is 0 Å². The van der Waals surface area contributed by atoms with Crippen molar-refractivity contribution in [2.75, 3.05) is 31.3 Å². The Labute approximate surface area is 90.6 Å². The molecular formula is C10H20N4O. The Kier molecular flexibility index (Phi) is 3.96. The lowest BCUT2D eigenvalue weighted by molar-refractivity contribution is 0.164. The maximum atomic E-state index is 5.89. The van der Waals surface area contributed by atoms with Crippen LogP contribution in [-0.4, -0.2) is 30.0 Å². The number of nitrogen functional groups attached to an aromatic ring is 1. The van der Waals surface area contributed by atoms with Crippen molar-refractivity contribution in [2.45, 2.75) is 13.8 Å². The first-order chi connectivity index (χ1) is 7.06. The van der Waals surface area contributed by atoms with Crippen LogP contribution >= 0.6 is 0 Å². The van der Waals surface area contributed by atoms with Crippen molar-refractivity contribution in [3.05, 3.63) is 5.69 Å². The van der Waals surface area contributed by atoms with Gasteiger partial charge in [0.25, 0.3) is 0 Å². The molecule has 1 aromatic heterocycles. The quantitative estimate of drug-likeness (QED) is 0.764. The largest absolute Gasteiger partial charge is 0.394 e. The topological polar surface area (TPSA) is 65.1 Å². The lowest BCUT2D eigenvalue weighted by atomic mass is 10.2. The van der Waals surface area contributed by atoms with Crippen LogP contribution in [-0.2, 0) is 11.8 Å². The van der Waals surface area contributed by atoms with E-state index in [-0.39, 0.29) is 0 Å². The number of rotatable bonds is 5. The van der Waals surface area contributed by atoms with Gasteiger partial charge in [-0.05, 0) is 12.8 Å². The molecule has 1 aromatic rings. The zero-order chi connectivity index (χ0) is 11.4. The van der Waals surface area contributed by atoms with E-state index in [9.17, 15) is 0 Å². The molecule has 5 heteroatoms. The fraction of sp³-hybridized carbons (Fsp3) is 0.700. The summed E-state index contributed by atoms with van der Waals surface area (Å²) < 4.78 is 6.83. The van der Waals surface area contributed by atoms with Crippen molar-refractivity contribution < 1.29 is 4.74 Å². The summed E-state index contributed by atoms with van der Waals surface area (Å²) in [6.07, 6.45) is 0. The van der Waals surface area contributed by atoms with Crippen LogP contribution in [0, 0.1) is 12.8 Å². The molecule has 0 saturated carbocycles. The van der Waals surface area contributed by atoms with Crippen molar-refractivity contribution in [1.82, 2.24) is 9.78 Å². The molecule has 0 aliphatic rings. The number of hydrogen-bond acceptors (Lipinski definition) is 4. The van der Waals surface area contributed by atoms with Gasteiger partial charge >= 0.3 is 0 Å². The monoisotopic (exact) mass is 212 g/mol.